The van der Waals surface area contributed by atoms with E-state index in [1.54, 1.807) is 12.3 Å². The Labute approximate surface area is 203 Å². The van der Waals surface area contributed by atoms with Crippen LogP contribution >= 0.6 is 15.9 Å². The van der Waals surface area contributed by atoms with Crippen molar-refractivity contribution in [2.75, 3.05) is 13.2 Å². The molecule has 2 aromatic carbocycles. The molecule has 0 aliphatic rings. The third-order valence-electron chi connectivity index (χ3n) is 5.06. The van der Waals surface area contributed by atoms with Crippen LogP contribution in [-0.4, -0.2) is 29.1 Å². The molecule has 0 bridgehead atoms. The van der Waals surface area contributed by atoms with Gasteiger partial charge in [-0.2, -0.15) is 9.78 Å². The Morgan fingerprint density at radius 3 is 2.64 bits per heavy atom. The number of fused-ring (bicyclic) bond motifs is 1. The van der Waals surface area contributed by atoms with Crippen molar-refractivity contribution in [3.05, 3.63) is 74.8 Å². The summed E-state index contributed by atoms with van der Waals surface area (Å²) in [6.07, 6.45) is 6.72. The number of nitrogens with zero attached hydrogens (tertiary/aromatic N) is 3. The fraction of sp³-hybridized carbons (Fsp3) is 0.346. The van der Waals surface area contributed by atoms with Crippen LogP contribution in [0.2, 0.25) is 0 Å². The first-order valence-corrected chi connectivity index (χ1v) is 12.1. The normalized spacial score (nSPS) is 11.3. The number of ether oxygens (including phenoxy) is 2. The Morgan fingerprint density at radius 1 is 1.15 bits per heavy atom. The molecular formula is C26H30BrN3O3. The molecule has 3 rings (SSSR count). The maximum Gasteiger partial charge on any atom is 0.282 e. The van der Waals surface area contributed by atoms with Gasteiger partial charge < -0.3 is 9.47 Å². The van der Waals surface area contributed by atoms with Crippen LogP contribution in [0.4, 0.5) is 0 Å². The molecule has 0 atom stereocenters. The van der Waals surface area contributed by atoms with Crippen LogP contribution in [0.5, 0.6) is 11.5 Å². The number of hydrogen-bond donors (Lipinski definition) is 0. The molecule has 0 aliphatic carbocycles. The summed E-state index contributed by atoms with van der Waals surface area (Å²) < 4.78 is 13.9. The molecule has 6 nitrogen and oxygen atoms in total. The van der Waals surface area contributed by atoms with Gasteiger partial charge in [0.2, 0.25) is 0 Å². The SMILES string of the molecule is C=CCc1cc(C=Nn2c(CCCC)nc3ccc(Br)cc3c2=O)cc(OCC)c1OCC. The molecule has 7 heteroatoms. The number of benzene rings is 2. The van der Waals surface area contributed by atoms with E-state index in [0.717, 1.165) is 34.2 Å². The van der Waals surface area contributed by atoms with Crippen LogP contribution in [0.3, 0.4) is 0 Å². The smallest absolute Gasteiger partial charge is 0.282 e. The molecule has 1 aromatic heterocycles. The lowest BCUT2D eigenvalue weighted by atomic mass is 10.1. The first kappa shape index (κ1) is 24.7. The molecule has 0 saturated carbocycles. The third kappa shape index (κ3) is 5.90. The van der Waals surface area contributed by atoms with E-state index in [9.17, 15) is 4.79 Å². The van der Waals surface area contributed by atoms with E-state index >= 15 is 0 Å². The van der Waals surface area contributed by atoms with E-state index in [1.165, 1.54) is 4.68 Å². The van der Waals surface area contributed by atoms with Crippen molar-refractivity contribution in [1.29, 1.82) is 0 Å². The molecule has 174 valence electrons. The van der Waals surface area contributed by atoms with E-state index in [4.69, 9.17) is 14.5 Å². The molecule has 3 aromatic rings. The van der Waals surface area contributed by atoms with E-state index in [-0.39, 0.29) is 5.56 Å². The third-order valence-corrected chi connectivity index (χ3v) is 5.55. The molecule has 0 N–H and O–H groups in total. The Hall–Kier alpha value is -2.93. The Morgan fingerprint density at radius 2 is 1.94 bits per heavy atom. The minimum atomic E-state index is -0.189. The molecule has 0 radical (unpaired) electrons. The van der Waals surface area contributed by atoms with Crippen molar-refractivity contribution in [1.82, 2.24) is 9.66 Å². The predicted octanol–water partition coefficient (Wildman–Crippen LogP) is 5.91. The number of rotatable bonds is 11. The minimum absolute atomic E-state index is 0.189. The molecule has 0 amide bonds. The summed E-state index contributed by atoms with van der Waals surface area (Å²) in [6, 6.07) is 9.40. The Bertz CT molecular complexity index is 1220. The average Bonchev–Trinajstić information content (AvgIpc) is 2.80. The summed E-state index contributed by atoms with van der Waals surface area (Å²) in [5, 5.41) is 5.09. The van der Waals surface area contributed by atoms with Crippen LogP contribution in [-0.2, 0) is 12.8 Å². The summed E-state index contributed by atoms with van der Waals surface area (Å²) >= 11 is 3.44. The highest BCUT2D eigenvalue weighted by Gasteiger charge is 2.14. The second kappa shape index (κ2) is 11.8. The molecule has 0 unspecified atom stereocenters. The van der Waals surface area contributed by atoms with Gasteiger partial charge in [-0.1, -0.05) is 35.4 Å². The van der Waals surface area contributed by atoms with Gasteiger partial charge in [0.25, 0.3) is 5.56 Å². The van der Waals surface area contributed by atoms with Gasteiger partial charge in [-0.15, -0.1) is 6.58 Å². The maximum absolute atomic E-state index is 13.3. The summed E-state index contributed by atoms with van der Waals surface area (Å²) in [5.74, 6) is 2.02. The minimum Gasteiger partial charge on any atom is -0.490 e. The summed E-state index contributed by atoms with van der Waals surface area (Å²) in [7, 11) is 0. The van der Waals surface area contributed by atoms with Gasteiger partial charge in [-0.25, -0.2) is 4.98 Å². The lowest BCUT2D eigenvalue weighted by molar-refractivity contribution is 0.285. The van der Waals surface area contributed by atoms with E-state index in [2.05, 4.69) is 34.5 Å². The van der Waals surface area contributed by atoms with Crippen LogP contribution in [0.25, 0.3) is 10.9 Å². The van der Waals surface area contributed by atoms with Crippen molar-refractivity contribution in [2.24, 2.45) is 5.10 Å². The number of halogens is 1. The fourth-order valence-electron chi connectivity index (χ4n) is 3.57. The summed E-state index contributed by atoms with van der Waals surface area (Å²) in [6.45, 7) is 10.9. The maximum atomic E-state index is 13.3. The molecule has 0 fully saturated rings. The fourth-order valence-corrected chi connectivity index (χ4v) is 3.93. The van der Waals surface area contributed by atoms with E-state index < -0.39 is 0 Å². The zero-order valence-electron chi connectivity index (χ0n) is 19.4. The molecular weight excluding hydrogens is 482 g/mol. The molecule has 1 heterocycles. The van der Waals surface area contributed by atoms with E-state index in [0.29, 0.717) is 48.5 Å². The number of hydrogen-bond acceptors (Lipinski definition) is 5. The quantitative estimate of drug-likeness (QED) is 0.237. The van der Waals surface area contributed by atoms with Crippen LogP contribution in [0, 0.1) is 0 Å². The highest BCUT2D eigenvalue weighted by molar-refractivity contribution is 9.10. The highest BCUT2D eigenvalue weighted by Crippen LogP contribution is 2.33. The number of unbranched alkanes of at least 4 members (excludes halogenated alkanes) is 1. The second-order valence-corrected chi connectivity index (χ2v) is 8.44. The van der Waals surface area contributed by atoms with Gasteiger partial charge in [-0.3, -0.25) is 4.79 Å². The van der Waals surface area contributed by atoms with Crippen LogP contribution in [0.15, 0.2) is 57.4 Å². The Kier molecular flexibility index (Phi) is 8.83. The van der Waals surface area contributed by atoms with Crippen molar-refractivity contribution >= 4 is 33.0 Å². The molecule has 0 aliphatic heterocycles. The van der Waals surface area contributed by atoms with Crippen LogP contribution in [0.1, 0.15) is 50.6 Å². The topological polar surface area (TPSA) is 65.7 Å². The second-order valence-electron chi connectivity index (χ2n) is 7.52. The lowest BCUT2D eigenvalue weighted by Gasteiger charge is -2.15. The first-order chi connectivity index (χ1) is 16.0. The number of aryl methyl sites for hydroxylation is 1. The Balaban J connectivity index is 2.13. The van der Waals surface area contributed by atoms with Gasteiger partial charge in [0.05, 0.1) is 30.3 Å². The number of aromatic nitrogens is 2. The lowest BCUT2D eigenvalue weighted by Crippen LogP contribution is -2.22. The van der Waals surface area contributed by atoms with Gasteiger partial charge in [-0.05, 0) is 62.6 Å². The molecule has 0 spiro atoms. The van der Waals surface area contributed by atoms with Crippen molar-refractivity contribution in [2.45, 2.75) is 46.5 Å². The largest absolute Gasteiger partial charge is 0.490 e. The van der Waals surface area contributed by atoms with Crippen LogP contribution < -0.4 is 15.0 Å². The zero-order chi connectivity index (χ0) is 23.8. The average molecular weight is 512 g/mol. The predicted molar refractivity (Wildman–Crippen MR) is 138 cm³/mol. The zero-order valence-corrected chi connectivity index (χ0v) is 21.0. The number of allylic oxidation sites excluding steroid dienone is 1. The highest BCUT2D eigenvalue weighted by atomic mass is 79.9. The van der Waals surface area contributed by atoms with Crippen molar-refractivity contribution < 1.29 is 9.47 Å². The van der Waals surface area contributed by atoms with Crippen molar-refractivity contribution in [3.63, 3.8) is 0 Å². The molecule has 0 saturated heterocycles. The summed E-state index contributed by atoms with van der Waals surface area (Å²) in [5.41, 5.74) is 2.25. The monoisotopic (exact) mass is 511 g/mol. The first-order valence-electron chi connectivity index (χ1n) is 11.3. The van der Waals surface area contributed by atoms with Crippen molar-refractivity contribution in [3.8, 4) is 11.5 Å². The van der Waals surface area contributed by atoms with Gasteiger partial charge >= 0.3 is 0 Å². The molecule has 33 heavy (non-hydrogen) atoms. The summed E-state index contributed by atoms with van der Waals surface area (Å²) in [4.78, 5) is 18.0. The van der Waals surface area contributed by atoms with Gasteiger partial charge in [0.15, 0.2) is 11.5 Å². The van der Waals surface area contributed by atoms with E-state index in [1.807, 2.05) is 44.2 Å². The van der Waals surface area contributed by atoms with Gasteiger partial charge in [0.1, 0.15) is 5.82 Å². The van der Waals surface area contributed by atoms with Gasteiger partial charge in [0, 0.05) is 16.5 Å². The standard InChI is InChI=1S/C26H30BrN3O3/c1-5-9-11-24-29-22-13-12-20(27)16-21(22)26(31)30(24)28-17-18-14-19(10-6-2)25(33-8-4)23(15-18)32-7-3/h6,12-17H,2,5,7-11H2,1,3-4H3.